The summed E-state index contributed by atoms with van der Waals surface area (Å²) in [5.41, 5.74) is 0.682. The summed E-state index contributed by atoms with van der Waals surface area (Å²) in [5, 5.41) is 3.98. The number of carbonyl (C=O) groups excluding carboxylic acids is 1. The Kier molecular flexibility index (Phi) is 2.04. The highest BCUT2D eigenvalue weighted by Crippen LogP contribution is 2.11. The van der Waals surface area contributed by atoms with E-state index in [0.717, 1.165) is 25.9 Å². The summed E-state index contributed by atoms with van der Waals surface area (Å²) in [7, 11) is 1.79. The fourth-order valence-electron chi connectivity index (χ4n) is 1.67. The Morgan fingerprint density at radius 1 is 1.46 bits per heavy atom. The van der Waals surface area contributed by atoms with Crippen molar-refractivity contribution >= 4 is 5.91 Å². The Morgan fingerprint density at radius 2 is 2.15 bits per heavy atom. The molecule has 0 radical (unpaired) electrons. The van der Waals surface area contributed by atoms with Gasteiger partial charge in [-0.25, -0.2) is 0 Å². The predicted molar refractivity (Wildman–Crippen MR) is 48.3 cm³/mol. The van der Waals surface area contributed by atoms with Crippen molar-refractivity contribution in [2.45, 2.75) is 12.8 Å². The van der Waals surface area contributed by atoms with Crippen LogP contribution in [0, 0.1) is 0 Å². The van der Waals surface area contributed by atoms with Gasteiger partial charge in [-0.1, -0.05) is 0 Å². The zero-order valence-electron chi connectivity index (χ0n) is 7.73. The molecule has 0 atom stereocenters. The molecule has 1 amide bonds. The van der Waals surface area contributed by atoms with Gasteiger partial charge >= 0.3 is 0 Å². The van der Waals surface area contributed by atoms with Crippen LogP contribution in [0.25, 0.3) is 0 Å². The quantitative estimate of drug-likeness (QED) is 0.635. The first-order valence-electron chi connectivity index (χ1n) is 4.56. The molecular formula is C9H13N3O. The number of hydrogen-bond donors (Lipinski definition) is 0. The highest BCUT2D eigenvalue weighted by Gasteiger charge is 2.21. The lowest BCUT2D eigenvalue weighted by atomic mass is 10.4. The number of aromatic nitrogens is 2. The molecule has 70 valence electrons. The number of nitrogens with zero attached hydrogens (tertiary/aromatic N) is 3. The molecule has 1 saturated heterocycles. The monoisotopic (exact) mass is 179 g/mol. The van der Waals surface area contributed by atoms with Crippen molar-refractivity contribution in [3.8, 4) is 0 Å². The Hall–Kier alpha value is -1.32. The molecule has 2 heterocycles. The van der Waals surface area contributed by atoms with E-state index in [-0.39, 0.29) is 5.91 Å². The predicted octanol–water partition coefficient (Wildman–Crippen LogP) is 0.656. The van der Waals surface area contributed by atoms with Gasteiger partial charge in [0.2, 0.25) is 0 Å². The van der Waals surface area contributed by atoms with E-state index < -0.39 is 0 Å². The number of amides is 1. The molecule has 1 aromatic rings. The molecule has 0 saturated carbocycles. The average Bonchev–Trinajstić information content (AvgIpc) is 2.72. The van der Waals surface area contributed by atoms with E-state index in [2.05, 4.69) is 5.10 Å². The number of likely N-dealkylation sites (tertiary alicyclic amines) is 1. The number of rotatable bonds is 1. The van der Waals surface area contributed by atoms with Gasteiger partial charge in [0.05, 0.1) is 0 Å². The van der Waals surface area contributed by atoms with Crippen molar-refractivity contribution in [1.29, 1.82) is 0 Å². The summed E-state index contributed by atoms with van der Waals surface area (Å²) in [6, 6.07) is 1.76. The van der Waals surface area contributed by atoms with Gasteiger partial charge in [-0.05, 0) is 18.9 Å². The van der Waals surface area contributed by atoms with Gasteiger partial charge in [-0.2, -0.15) is 5.10 Å². The zero-order chi connectivity index (χ0) is 9.26. The lowest BCUT2D eigenvalue weighted by Gasteiger charge is -2.14. The van der Waals surface area contributed by atoms with Crippen molar-refractivity contribution in [2.24, 2.45) is 7.05 Å². The zero-order valence-corrected chi connectivity index (χ0v) is 7.73. The molecule has 1 aliphatic rings. The molecule has 0 unspecified atom stereocenters. The van der Waals surface area contributed by atoms with E-state index in [1.54, 1.807) is 24.0 Å². The van der Waals surface area contributed by atoms with Crippen LogP contribution in [-0.2, 0) is 7.05 Å². The van der Waals surface area contributed by atoms with Crippen molar-refractivity contribution in [3.05, 3.63) is 18.0 Å². The molecule has 0 aromatic carbocycles. The molecule has 4 heteroatoms. The fourth-order valence-corrected chi connectivity index (χ4v) is 1.67. The van der Waals surface area contributed by atoms with Crippen molar-refractivity contribution < 1.29 is 4.79 Å². The van der Waals surface area contributed by atoms with Gasteiger partial charge in [0, 0.05) is 26.3 Å². The van der Waals surface area contributed by atoms with Crippen LogP contribution in [0.1, 0.15) is 23.3 Å². The molecule has 1 aromatic heterocycles. The highest BCUT2D eigenvalue weighted by atomic mass is 16.2. The molecule has 1 aliphatic heterocycles. The Labute approximate surface area is 77.1 Å². The van der Waals surface area contributed by atoms with Crippen LogP contribution in [0.15, 0.2) is 12.3 Å². The number of aryl methyl sites for hydroxylation is 1. The lowest BCUT2D eigenvalue weighted by Crippen LogP contribution is -2.29. The van der Waals surface area contributed by atoms with Crippen molar-refractivity contribution in [2.75, 3.05) is 13.1 Å². The molecule has 0 bridgehead atoms. The van der Waals surface area contributed by atoms with Crippen LogP contribution in [0.2, 0.25) is 0 Å². The van der Waals surface area contributed by atoms with Crippen LogP contribution in [0.4, 0.5) is 0 Å². The molecule has 2 rings (SSSR count). The van der Waals surface area contributed by atoms with E-state index >= 15 is 0 Å². The van der Waals surface area contributed by atoms with Gasteiger partial charge in [-0.3, -0.25) is 9.48 Å². The topological polar surface area (TPSA) is 38.1 Å². The second-order valence-electron chi connectivity index (χ2n) is 3.34. The summed E-state index contributed by atoms with van der Waals surface area (Å²) < 4.78 is 1.63. The summed E-state index contributed by atoms with van der Waals surface area (Å²) in [6.45, 7) is 1.79. The first kappa shape index (κ1) is 8.29. The van der Waals surface area contributed by atoms with E-state index in [4.69, 9.17) is 0 Å². The third kappa shape index (κ3) is 1.43. The standard InChI is InChI=1S/C9H13N3O/c1-11-8(4-5-10-11)9(13)12-6-2-3-7-12/h4-5H,2-3,6-7H2,1H3. The Bertz CT molecular complexity index is 312. The maximum absolute atomic E-state index is 11.8. The van der Waals surface area contributed by atoms with E-state index in [0.29, 0.717) is 5.69 Å². The maximum atomic E-state index is 11.8. The van der Waals surface area contributed by atoms with Crippen molar-refractivity contribution in [1.82, 2.24) is 14.7 Å². The van der Waals surface area contributed by atoms with Gasteiger partial charge < -0.3 is 4.90 Å². The van der Waals surface area contributed by atoms with Crippen LogP contribution >= 0.6 is 0 Å². The maximum Gasteiger partial charge on any atom is 0.272 e. The molecule has 4 nitrogen and oxygen atoms in total. The molecule has 13 heavy (non-hydrogen) atoms. The Morgan fingerprint density at radius 3 is 2.69 bits per heavy atom. The molecule has 0 aliphatic carbocycles. The normalized spacial score (nSPS) is 16.5. The van der Waals surface area contributed by atoms with Crippen LogP contribution in [0.5, 0.6) is 0 Å². The SMILES string of the molecule is Cn1nccc1C(=O)N1CCCC1. The highest BCUT2D eigenvalue weighted by molar-refractivity contribution is 5.92. The summed E-state index contributed by atoms with van der Waals surface area (Å²) >= 11 is 0. The molecule has 0 spiro atoms. The lowest BCUT2D eigenvalue weighted by molar-refractivity contribution is 0.0782. The third-order valence-corrected chi connectivity index (χ3v) is 2.43. The van der Waals surface area contributed by atoms with Gasteiger partial charge in [0.1, 0.15) is 5.69 Å². The average molecular weight is 179 g/mol. The largest absolute Gasteiger partial charge is 0.337 e. The second-order valence-corrected chi connectivity index (χ2v) is 3.34. The second kappa shape index (κ2) is 3.20. The van der Waals surface area contributed by atoms with Crippen LogP contribution in [-0.4, -0.2) is 33.7 Å². The van der Waals surface area contributed by atoms with Crippen LogP contribution < -0.4 is 0 Å². The van der Waals surface area contributed by atoms with Gasteiger partial charge in [0.15, 0.2) is 0 Å². The first-order chi connectivity index (χ1) is 6.29. The summed E-state index contributed by atoms with van der Waals surface area (Å²) in [6.07, 6.45) is 3.91. The molecule has 0 N–H and O–H groups in total. The fraction of sp³-hybridized carbons (Fsp3) is 0.556. The van der Waals surface area contributed by atoms with Gasteiger partial charge in [-0.15, -0.1) is 0 Å². The first-order valence-corrected chi connectivity index (χ1v) is 4.56. The third-order valence-electron chi connectivity index (χ3n) is 2.43. The minimum atomic E-state index is 0.109. The molecular weight excluding hydrogens is 166 g/mol. The minimum Gasteiger partial charge on any atom is -0.337 e. The van der Waals surface area contributed by atoms with E-state index in [9.17, 15) is 4.79 Å². The van der Waals surface area contributed by atoms with E-state index in [1.165, 1.54) is 0 Å². The minimum absolute atomic E-state index is 0.109. The summed E-state index contributed by atoms with van der Waals surface area (Å²) in [4.78, 5) is 13.7. The van der Waals surface area contributed by atoms with Gasteiger partial charge in [0.25, 0.3) is 5.91 Å². The summed E-state index contributed by atoms with van der Waals surface area (Å²) in [5.74, 6) is 0.109. The van der Waals surface area contributed by atoms with E-state index in [1.807, 2.05) is 4.90 Å². The van der Waals surface area contributed by atoms with Crippen LogP contribution in [0.3, 0.4) is 0 Å². The number of carbonyl (C=O) groups is 1. The molecule has 1 fully saturated rings. The van der Waals surface area contributed by atoms with Crippen molar-refractivity contribution in [3.63, 3.8) is 0 Å². The smallest absolute Gasteiger partial charge is 0.272 e. The number of hydrogen-bond acceptors (Lipinski definition) is 2. The Balaban J connectivity index is 2.17.